The number of nitrogens with one attached hydrogen (secondary N) is 2. The van der Waals surface area contributed by atoms with E-state index in [1.807, 2.05) is 10.7 Å². The van der Waals surface area contributed by atoms with Crippen molar-refractivity contribution in [3.63, 3.8) is 0 Å². The molecule has 2 aliphatic heterocycles. The molecule has 2 aliphatic rings. The summed E-state index contributed by atoms with van der Waals surface area (Å²) in [6.07, 6.45) is 2.41. The summed E-state index contributed by atoms with van der Waals surface area (Å²) < 4.78 is 35.9. The average molecular weight is 502 g/mol. The van der Waals surface area contributed by atoms with E-state index in [0.717, 1.165) is 17.3 Å². The number of rotatable bonds is 5. The quantitative estimate of drug-likeness (QED) is 0.498. The zero-order chi connectivity index (χ0) is 24.7. The highest BCUT2D eigenvalue weighted by Gasteiger charge is 2.40. The van der Waals surface area contributed by atoms with Crippen LogP contribution in [0, 0.1) is 11.6 Å². The molecular weight excluding hydrogens is 476 g/mol. The van der Waals surface area contributed by atoms with Crippen LogP contribution in [0.2, 0.25) is 0 Å². The Bertz CT molecular complexity index is 1290. The zero-order valence-electron chi connectivity index (χ0n) is 19.0. The summed E-state index contributed by atoms with van der Waals surface area (Å²) in [6, 6.07) is 5.56. The molecule has 0 spiro atoms. The van der Waals surface area contributed by atoms with Crippen LogP contribution in [0.5, 0.6) is 5.06 Å². The fraction of sp³-hybridized carbons (Fsp3) is 0.375. The number of nitrogens with two attached hydrogens (primary N) is 1. The molecule has 4 N–H and O–H groups in total. The van der Waals surface area contributed by atoms with E-state index in [9.17, 15) is 18.4 Å². The Morgan fingerprint density at radius 2 is 2.11 bits per heavy atom. The number of primary amides is 1. The van der Waals surface area contributed by atoms with Gasteiger partial charge in [-0.1, -0.05) is 17.4 Å². The van der Waals surface area contributed by atoms with E-state index in [0.29, 0.717) is 47.2 Å². The Labute approximate surface area is 204 Å². The van der Waals surface area contributed by atoms with Gasteiger partial charge in [0.1, 0.15) is 6.61 Å². The van der Waals surface area contributed by atoms with Crippen LogP contribution < -0.4 is 21.1 Å². The number of aromatic nitrogens is 2. The molecule has 0 aliphatic carbocycles. The minimum Gasteiger partial charge on any atom is -0.481 e. The van der Waals surface area contributed by atoms with Gasteiger partial charge in [0.25, 0.3) is 5.91 Å². The Balaban J connectivity index is 1.65. The standard InChI is InChI=1S/C24H25F2N5O3S/c1-28-19(32)10-13-9-14(12-2-3-16(25)17(26)8-12)15(11-29-13)20-21-18-4-5-30-31(18)6-7-34-24(21)35-22(20)23(27)33/h2-5,8,13-15,29H,6-7,9-11H2,1H3,(H2,27,33)(H,28,32)/t13-,14+,15-/m0/s1. The molecule has 184 valence electrons. The van der Waals surface area contributed by atoms with Gasteiger partial charge in [-0.25, -0.2) is 8.78 Å². The lowest BCUT2D eigenvalue weighted by Gasteiger charge is -2.38. The predicted molar refractivity (Wildman–Crippen MR) is 126 cm³/mol. The van der Waals surface area contributed by atoms with Gasteiger partial charge < -0.3 is 21.1 Å². The minimum absolute atomic E-state index is 0.121. The number of piperidine rings is 1. The van der Waals surface area contributed by atoms with Crippen LogP contribution in [0.3, 0.4) is 0 Å². The van der Waals surface area contributed by atoms with Crippen LogP contribution in [0.15, 0.2) is 30.5 Å². The fourth-order valence-corrected chi connectivity index (χ4v) is 6.25. The summed E-state index contributed by atoms with van der Waals surface area (Å²) >= 11 is 1.20. The van der Waals surface area contributed by atoms with Crippen molar-refractivity contribution < 1.29 is 23.1 Å². The van der Waals surface area contributed by atoms with Gasteiger partial charge in [-0.15, -0.1) is 0 Å². The molecule has 35 heavy (non-hydrogen) atoms. The number of thiophene rings is 1. The van der Waals surface area contributed by atoms with Crippen molar-refractivity contribution in [2.45, 2.75) is 37.3 Å². The maximum absolute atomic E-state index is 14.3. The maximum atomic E-state index is 14.3. The van der Waals surface area contributed by atoms with Crippen LogP contribution >= 0.6 is 11.3 Å². The molecule has 4 heterocycles. The monoisotopic (exact) mass is 501 g/mol. The van der Waals surface area contributed by atoms with E-state index >= 15 is 0 Å². The lowest BCUT2D eigenvalue weighted by molar-refractivity contribution is -0.121. The molecule has 3 atom stereocenters. The number of amides is 2. The van der Waals surface area contributed by atoms with Gasteiger partial charge in [0, 0.05) is 38.2 Å². The fourth-order valence-electron chi connectivity index (χ4n) is 5.14. The highest BCUT2D eigenvalue weighted by Crippen LogP contribution is 2.51. The van der Waals surface area contributed by atoms with Crippen LogP contribution in [-0.4, -0.2) is 47.8 Å². The van der Waals surface area contributed by atoms with Crippen LogP contribution in [-0.2, 0) is 11.3 Å². The van der Waals surface area contributed by atoms with Crippen molar-refractivity contribution in [1.82, 2.24) is 20.4 Å². The Hall–Kier alpha value is -3.31. The number of benzene rings is 1. The number of hydrogen-bond acceptors (Lipinski definition) is 6. The summed E-state index contributed by atoms with van der Waals surface area (Å²) in [5.41, 5.74) is 8.69. The number of carbonyl (C=O) groups is 2. The number of nitrogens with zero attached hydrogens (tertiary/aromatic N) is 2. The third kappa shape index (κ3) is 4.30. The largest absolute Gasteiger partial charge is 0.481 e. The van der Waals surface area contributed by atoms with E-state index in [1.165, 1.54) is 17.4 Å². The molecule has 0 radical (unpaired) electrons. The normalized spacial score (nSPS) is 21.4. The first-order valence-corrected chi connectivity index (χ1v) is 12.2. The molecule has 1 fully saturated rings. The van der Waals surface area contributed by atoms with E-state index < -0.39 is 17.5 Å². The summed E-state index contributed by atoms with van der Waals surface area (Å²) in [7, 11) is 1.57. The van der Waals surface area contributed by atoms with E-state index in [1.54, 1.807) is 19.3 Å². The van der Waals surface area contributed by atoms with Crippen LogP contribution in [0.1, 0.15) is 45.5 Å². The molecule has 5 rings (SSSR count). The molecule has 2 amide bonds. The molecule has 0 bridgehead atoms. The smallest absolute Gasteiger partial charge is 0.259 e. The van der Waals surface area contributed by atoms with Gasteiger partial charge >= 0.3 is 0 Å². The highest BCUT2D eigenvalue weighted by atomic mass is 32.1. The Kier molecular flexibility index (Phi) is 6.28. The number of halogens is 2. The van der Waals surface area contributed by atoms with Gasteiger partial charge in [-0.3, -0.25) is 14.3 Å². The van der Waals surface area contributed by atoms with Crippen molar-refractivity contribution in [1.29, 1.82) is 0 Å². The maximum Gasteiger partial charge on any atom is 0.259 e. The third-order valence-corrected chi connectivity index (χ3v) is 7.88. The lowest BCUT2D eigenvalue weighted by Crippen LogP contribution is -2.44. The zero-order valence-corrected chi connectivity index (χ0v) is 19.8. The van der Waals surface area contributed by atoms with Gasteiger partial charge in [-0.2, -0.15) is 5.10 Å². The molecule has 1 aromatic carbocycles. The number of ether oxygens (including phenoxy) is 1. The highest BCUT2D eigenvalue weighted by molar-refractivity contribution is 7.16. The van der Waals surface area contributed by atoms with Crippen molar-refractivity contribution >= 4 is 23.2 Å². The lowest BCUT2D eigenvalue weighted by atomic mass is 9.73. The second-order valence-electron chi connectivity index (χ2n) is 8.76. The SMILES string of the molecule is CNC(=O)C[C@@H]1C[C@H](c2ccc(F)c(F)c2)[C@@H](c2c(C(N)=O)sc3c2-c2ccnn2CCO3)CN1. The summed E-state index contributed by atoms with van der Waals surface area (Å²) in [4.78, 5) is 25.0. The van der Waals surface area contributed by atoms with E-state index in [-0.39, 0.29) is 30.2 Å². The molecule has 0 saturated carbocycles. The topological polar surface area (TPSA) is 111 Å². The first-order chi connectivity index (χ1) is 16.9. The summed E-state index contributed by atoms with van der Waals surface area (Å²) in [6.45, 7) is 1.35. The Morgan fingerprint density at radius 1 is 1.29 bits per heavy atom. The first kappa shape index (κ1) is 23.4. The number of carbonyl (C=O) groups excluding carboxylic acids is 2. The van der Waals surface area contributed by atoms with Crippen molar-refractivity contribution in [2.75, 3.05) is 20.2 Å². The molecular formula is C24H25F2N5O3S. The second-order valence-corrected chi connectivity index (χ2v) is 9.75. The number of hydrogen-bond donors (Lipinski definition) is 3. The minimum atomic E-state index is -0.941. The van der Waals surface area contributed by atoms with E-state index in [4.69, 9.17) is 10.5 Å². The molecule has 1 saturated heterocycles. The predicted octanol–water partition coefficient (Wildman–Crippen LogP) is 2.75. The van der Waals surface area contributed by atoms with Gasteiger partial charge in [0.15, 0.2) is 16.7 Å². The molecule has 2 aromatic heterocycles. The molecule has 0 unspecified atom stereocenters. The van der Waals surface area contributed by atoms with Crippen molar-refractivity contribution in [2.24, 2.45) is 5.73 Å². The van der Waals surface area contributed by atoms with Gasteiger partial charge in [-0.05, 0) is 41.7 Å². The number of fused-ring (bicyclic) bond motifs is 3. The first-order valence-electron chi connectivity index (χ1n) is 11.4. The molecule has 11 heteroatoms. The average Bonchev–Trinajstić information content (AvgIpc) is 3.41. The Morgan fingerprint density at radius 3 is 2.86 bits per heavy atom. The summed E-state index contributed by atoms with van der Waals surface area (Å²) in [5.74, 6) is -3.19. The second kappa shape index (κ2) is 9.38. The van der Waals surface area contributed by atoms with E-state index in [2.05, 4.69) is 15.7 Å². The van der Waals surface area contributed by atoms with Crippen molar-refractivity contribution in [3.05, 3.63) is 58.1 Å². The van der Waals surface area contributed by atoms with Crippen LogP contribution in [0.25, 0.3) is 11.3 Å². The van der Waals surface area contributed by atoms with Gasteiger partial charge in [0.2, 0.25) is 5.91 Å². The van der Waals surface area contributed by atoms with Crippen molar-refractivity contribution in [3.8, 4) is 16.3 Å². The third-order valence-electron chi connectivity index (χ3n) is 6.75. The van der Waals surface area contributed by atoms with Crippen LogP contribution in [0.4, 0.5) is 8.78 Å². The summed E-state index contributed by atoms with van der Waals surface area (Å²) in [5, 5.41) is 11.0. The van der Waals surface area contributed by atoms with Gasteiger partial charge in [0.05, 0.1) is 22.7 Å². The molecule has 8 nitrogen and oxygen atoms in total. The molecule has 3 aromatic rings.